The molecule has 3 rings (SSSR count). The summed E-state index contributed by atoms with van der Waals surface area (Å²) >= 11 is 5.97. The standard InChI is InChI=1S/C20H23ClN2O/c21-18-9-4-6-16(14-18)10-13-22-19(24)23-15-20(11-5-12-20)17-7-2-1-3-8-17/h1-4,6-9,14H,5,10-13,15H2,(H2,22,23,24). The number of carbonyl (C=O) groups is 1. The average Bonchev–Trinajstić information content (AvgIpc) is 2.55. The van der Waals surface area contributed by atoms with E-state index in [1.165, 1.54) is 12.0 Å². The zero-order valence-electron chi connectivity index (χ0n) is 13.7. The van der Waals surface area contributed by atoms with Gasteiger partial charge in [0.2, 0.25) is 0 Å². The number of hydrogen-bond acceptors (Lipinski definition) is 1. The number of benzene rings is 2. The van der Waals surface area contributed by atoms with Gasteiger partial charge >= 0.3 is 6.03 Å². The molecule has 1 saturated carbocycles. The molecule has 0 spiro atoms. The molecule has 0 aromatic heterocycles. The van der Waals surface area contributed by atoms with Crippen molar-refractivity contribution in [2.75, 3.05) is 13.1 Å². The van der Waals surface area contributed by atoms with Crippen molar-refractivity contribution in [2.24, 2.45) is 0 Å². The van der Waals surface area contributed by atoms with Crippen molar-refractivity contribution in [3.8, 4) is 0 Å². The molecule has 2 aromatic carbocycles. The molecular formula is C20H23ClN2O. The Morgan fingerprint density at radius 1 is 1.04 bits per heavy atom. The maximum atomic E-state index is 12.1. The molecule has 0 bridgehead atoms. The molecule has 2 N–H and O–H groups in total. The zero-order chi connectivity index (χ0) is 16.8. The predicted molar refractivity (Wildman–Crippen MR) is 98.5 cm³/mol. The highest BCUT2D eigenvalue weighted by Crippen LogP contribution is 2.43. The second kappa shape index (κ2) is 7.71. The molecule has 0 unspecified atom stereocenters. The monoisotopic (exact) mass is 342 g/mol. The fourth-order valence-electron chi connectivity index (χ4n) is 3.29. The largest absolute Gasteiger partial charge is 0.338 e. The molecule has 2 amide bonds. The normalized spacial score (nSPS) is 15.4. The summed E-state index contributed by atoms with van der Waals surface area (Å²) in [5, 5.41) is 6.70. The van der Waals surface area contributed by atoms with E-state index in [2.05, 4.69) is 34.9 Å². The van der Waals surface area contributed by atoms with E-state index in [-0.39, 0.29) is 11.4 Å². The minimum Gasteiger partial charge on any atom is -0.338 e. The van der Waals surface area contributed by atoms with Crippen LogP contribution in [-0.4, -0.2) is 19.1 Å². The lowest BCUT2D eigenvalue weighted by molar-refractivity contribution is 0.215. The Labute approximate surface area is 148 Å². The third-order valence-electron chi connectivity index (χ3n) is 4.87. The predicted octanol–water partition coefficient (Wildman–Crippen LogP) is 4.30. The van der Waals surface area contributed by atoms with Crippen molar-refractivity contribution in [1.29, 1.82) is 0 Å². The zero-order valence-corrected chi connectivity index (χ0v) is 14.5. The number of urea groups is 1. The Kier molecular flexibility index (Phi) is 5.41. The molecule has 3 nitrogen and oxygen atoms in total. The average molecular weight is 343 g/mol. The first-order valence-electron chi connectivity index (χ1n) is 8.50. The lowest BCUT2D eigenvalue weighted by atomic mass is 9.64. The minimum atomic E-state index is -0.0979. The smallest absolute Gasteiger partial charge is 0.314 e. The molecule has 2 aromatic rings. The molecule has 24 heavy (non-hydrogen) atoms. The second-order valence-electron chi connectivity index (χ2n) is 6.49. The maximum absolute atomic E-state index is 12.1. The number of nitrogens with one attached hydrogen (secondary N) is 2. The van der Waals surface area contributed by atoms with Crippen molar-refractivity contribution in [2.45, 2.75) is 31.1 Å². The maximum Gasteiger partial charge on any atom is 0.314 e. The van der Waals surface area contributed by atoms with E-state index in [1.54, 1.807) is 0 Å². The van der Waals surface area contributed by atoms with Crippen LogP contribution in [0.15, 0.2) is 54.6 Å². The lowest BCUT2D eigenvalue weighted by Crippen LogP contribution is -2.48. The van der Waals surface area contributed by atoms with Gasteiger partial charge in [0.05, 0.1) is 0 Å². The Bertz CT molecular complexity index is 683. The van der Waals surface area contributed by atoms with Crippen LogP contribution in [0.5, 0.6) is 0 Å². The van der Waals surface area contributed by atoms with Gasteiger partial charge in [0.25, 0.3) is 0 Å². The SMILES string of the molecule is O=C(NCCc1cccc(Cl)c1)NCC1(c2ccccc2)CCC1. The molecule has 0 saturated heterocycles. The van der Waals surface area contributed by atoms with Crippen LogP contribution < -0.4 is 10.6 Å². The molecule has 0 heterocycles. The van der Waals surface area contributed by atoms with Gasteiger partial charge < -0.3 is 10.6 Å². The summed E-state index contributed by atoms with van der Waals surface area (Å²) in [5.74, 6) is 0. The van der Waals surface area contributed by atoms with Gasteiger partial charge in [-0.1, -0.05) is 60.5 Å². The van der Waals surface area contributed by atoms with Crippen LogP contribution in [0.2, 0.25) is 5.02 Å². The Morgan fingerprint density at radius 3 is 2.50 bits per heavy atom. The van der Waals surface area contributed by atoms with Crippen molar-refractivity contribution in [1.82, 2.24) is 10.6 Å². The fraction of sp³-hybridized carbons (Fsp3) is 0.350. The van der Waals surface area contributed by atoms with Gasteiger partial charge in [0, 0.05) is 23.5 Å². The van der Waals surface area contributed by atoms with Gasteiger partial charge in [0.15, 0.2) is 0 Å². The van der Waals surface area contributed by atoms with Crippen molar-refractivity contribution in [3.05, 3.63) is 70.7 Å². The third kappa shape index (κ3) is 4.09. The number of hydrogen-bond donors (Lipinski definition) is 2. The van der Waals surface area contributed by atoms with Crippen LogP contribution in [-0.2, 0) is 11.8 Å². The number of rotatable bonds is 6. The van der Waals surface area contributed by atoms with Gasteiger partial charge in [-0.05, 0) is 42.5 Å². The topological polar surface area (TPSA) is 41.1 Å². The first-order chi connectivity index (χ1) is 11.7. The van der Waals surface area contributed by atoms with Crippen molar-refractivity contribution >= 4 is 17.6 Å². The molecular weight excluding hydrogens is 320 g/mol. The third-order valence-corrected chi connectivity index (χ3v) is 5.11. The van der Waals surface area contributed by atoms with Crippen LogP contribution in [0.1, 0.15) is 30.4 Å². The van der Waals surface area contributed by atoms with E-state index >= 15 is 0 Å². The van der Waals surface area contributed by atoms with Crippen LogP contribution in [0, 0.1) is 0 Å². The number of carbonyl (C=O) groups excluding carboxylic acids is 1. The molecule has 0 aliphatic heterocycles. The summed E-state index contributed by atoms with van der Waals surface area (Å²) in [6, 6.07) is 18.1. The molecule has 1 aliphatic rings. The van der Waals surface area contributed by atoms with Gasteiger partial charge in [-0.3, -0.25) is 0 Å². The van der Waals surface area contributed by atoms with E-state index in [0.29, 0.717) is 13.1 Å². The van der Waals surface area contributed by atoms with Crippen LogP contribution in [0.25, 0.3) is 0 Å². The van der Waals surface area contributed by atoms with E-state index in [4.69, 9.17) is 11.6 Å². The second-order valence-corrected chi connectivity index (χ2v) is 6.93. The minimum absolute atomic E-state index is 0.0979. The molecule has 4 heteroatoms. The van der Waals surface area contributed by atoms with Gasteiger partial charge in [-0.15, -0.1) is 0 Å². The summed E-state index contributed by atoms with van der Waals surface area (Å²) in [5.41, 5.74) is 2.57. The van der Waals surface area contributed by atoms with Gasteiger partial charge in [-0.25, -0.2) is 4.79 Å². The summed E-state index contributed by atoms with van der Waals surface area (Å²) in [7, 11) is 0. The first kappa shape index (κ1) is 16.8. The Morgan fingerprint density at radius 2 is 1.83 bits per heavy atom. The molecule has 1 aliphatic carbocycles. The van der Waals surface area contributed by atoms with E-state index in [0.717, 1.165) is 29.8 Å². The molecule has 1 fully saturated rings. The van der Waals surface area contributed by atoms with E-state index in [9.17, 15) is 4.79 Å². The summed E-state index contributed by atoms with van der Waals surface area (Å²) < 4.78 is 0. The molecule has 0 radical (unpaired) electrons. The quantitative estimate of drug-likeness (QED) is 0.807. The van der Waals surface area contributed by atoms with Crippen LogP contribution in [0.3, 0.4) is 0 Å². The highest BCUT2D eigenvalue weighted by molar-refractivity contribution is 6.30. The number of halogens is 1. The summed E-state index contributed by atoms with van der Waals surface area (Å²) in [6.45, 7) is 1.30. The lowest BCUT2D eigenvalue weighted by Gasteiger charge is -2.42. The van der Waals surface area contributed by atoms with Gasteiger partial charge in [-0.2, -0.15) is 0 Å². The first-order valence-corrected chi connectivity index (χ1v) is 8.87. The van der Waals surface area contributed by atoms with Gasteiger partial charge in [0.1, 0.15) is 0 Å². The fourth-order valence-corrected chi connectivity index (χ4v) is 3.50. The van der Waals surface area contributed by atoms with Crippen LogP contribution in [0.4, 0.5) is 4.79 Å². The Hall–Kier alpha value is -2.00. The highest BCUT2D eigenvalue weighted by Gasteiger charge is 2.38. The molecule has 0 atom stereocenters. The summed E-state index contributed by atoms with van der Waals surface area (Å²) in [6.07, 6.45) is 4.28. The van der Waals surface area contributed by atoms with Crippen LogP contribution >= 0.6 is 11.6 Å². The van der Waals surface area contributed by atoms with Crippen molar-refractivity contribution < 1.29 is 4.79 Å². The highest BCUT2D eigenvalue weighted by atomic mass is 35.5. The van der Waals surface area contributed by atoms with E-state index < -0.39 is 0 Å². The summed E-state index contributed by atoms with van der Waals surface area (Å²) in [4.78, 5) is 12.1. The Balaban J connectivity index is 1.45. The van der Waals surface area contributed by atoms with Crippen molar-refractivity contribution in [3.63, 3.8) is 0 Å². The molecule has 126 valence electrons. The number of amides is 2. The van der Waals surface area contributed by atoms with E-state index in [1.807, 2.05) is 30.3 Å².